The van der Waals surface area contributed by atoms with Crippen LogP contribution in [0.1, 0.15) is 59.0 Å². The summed E-state index contributed by atoms with van der Waals surface area (Å²) in [5.41, 5.74) is 9.54. The highest BCUT2D eigenvalue weighted by molar-refractivity contribution is 5.40. The van der Waals surface area contributed by atoms with Crippen molar-refractivity contribution in [1.82, 2.24) is 5.43 Å². The van der Waals surface area contributed by atoms with Crippen LogP contribution >= 0.6 is 0 Å². The van der Waals surface area contributed by atoms with Crippen LogP contribution in [0.3, 0.4) is 0 Å². The molecule has 21 heavy (non-hydrogen) atoms. The van der Waals surface area contributed by atoms with Crippen LogP contribution in [0.5, 0.6) is 0 Å². The molecule has 0 saturated heterocycles. The average molecular weight is 280 g/mol. The average Bonchev–Trinajstić information content (AvgIpc) is 2.42. The number of aryl methyl sites for hydroxylation is 2. The predicted molar refractivity (Wildman–Crippen MR) is 88.1 cm³/mol. The van der Waals surface area contributed by atoms with Crippen molar-refractivity contribution in [3.8, 4) is 0 Å². The van der Waals surface area contributed by atoms with Crippen LogP contribution in [0, 0.1) is 13.8 Å². The van der Waals surface area contributed by atoms with Crippen LogP contribution in [-0.2, 0) is 0 Å². The van der Waals surface area contributed by atoms with Gasteiger partial charge in [0.25, 0.3) is 0 Å². The van der Waals surface area contributed by atoms with Gasteiger partial charge in [-0.05, 0) is 54.9 Å². The molecule has 1 atom stereocenters. The second-order valence-electron chi connectivity index (χ2n) is 6.26. The van der Waals surface area contributed by atoms with Crippen LogP contribution < -0.4 is 11.3 Å². The third-order valence-electron chi connectivity index (χ3n) is 4.73. The summed E-state index contributed by atoms with van der Waals surface area (Å²) in [5.74, 6) is 6.63. The molecule has 1 fully saturated rings. The maximum Gasteiger partial charge on any atom is 0.0712 e. The summed E-state index contributed by atoms with van der Waals surface area (Å²) in [6, 6.07) is 15.5. The van der Waals surface area contributed by atoms with Crippen LogP contribution in [0.25, 0.3) is 0 Å². The molecular formula is C19H24N2. The Kier molecular flexibility index (Phi) is 4.09. The molecule has 3 N–H and O–H groups in total. The van der Waals surface area contributed by atoms with Crippen molar-refractivity contribution in [2.45, 2.75) is 45.1 Å². The third-order valence-corrected chi connectivity index (χ3v) is 4.73. The topological polar surface area (TPSA) is 38.0 Å². The van der Waals surface area contributed by atoms with E-state index in [0.717, 1.165) is 5.92 Å². The van der Waals surface area contributed by atoms with Gasteiger partial charge in [0, 0.05) is 0 Å². The monoisotopic (exact) mass is 280 g/mol. The number of hydrazine groups is 1. The van der Waals surface area contributed by atoms with Crippen molar-refractivity contribution >= 4 is 0 Å². The van der Waals surface area contributed by atoms with E-state index in [0.29, 0.717) is 0 Å². The van der Waals surface area contributed by atoms with E-state index in [1.165, 1.54) is 47.1 Å². The Bertz CT molecular complexity index is 629. The van der Waals surface area contributed by atoms with Gasteiger partial charge in [-0.2, -0.15) is 0 Å². The zero-order valence-electron chi connectivity index (χ0n) is 12.9. The maximum absolute atomic E-state index is 5.88. The number of nitrogens with two attached hydrogens (primary N) is 1. The first-order valence-corrected chi connectivity index (χ1v) is 7.82. The number of benzene rings is 2. The summed E-state index contributed by atoms with van der Waals surface area (Å²) >= 11 is 0. The molecule has 3 rings (SSSR count). The minimum atomic E-state index is 0.0601. The van der Waals surface area contributed by atoms with Gasteiger partial charge in [-0.1, -0.05) is 54.4 Å². The standard InChI is InChI=1S/C19H24N2/c1-13-9-10-14(2)18(11-13)19(21-20)17-8-4-7-16(12-17)15-5-3-6-15/h4,7-12,15,19,21H,3,5-6,20H2,1-2H3. The van der Waals surface area contributed by atoms with Gasteiger partial charge in [0.15, 0.2) is 0 Å². The van der Waals surface area contributed by atoms with Gasteiger partial charge in [0.05, 0.1) is 6.04 Å². The highest BCUT2D eigenvalue weighted by Gasteiger charge is 2.21. The molecule has 110 valence electrons. The zero-order chi connectivity index (χ0) is 14.8. The second-order valence-corrected chi connectivity index (χ2v) is 6.26. The lowest BCUT2D eigenvalue weighted by Gasteiger charge is -2.27. The molecule has 2 aromatic rings. The molecular weight excluding hydrogens is 256 g/mol. The van der Waals surface area contributed by atoms with E-state index in [1.54, 1.807) is 0 Å². The van der Waals surface area contributed by atoms with E-state index in [4.69, 9.17) is 5.84 Å². The van der Waals surface area contributed by atoms with Crippen LogP contribution in [-0.4, -0.2) is 0 Å². The Morgan fingerprint density at radius 2 is 1.90 bits per heavy atom. The Hall–Kier alpha value is -1.64. The fourth-order valence-electron chi connectivity index (χ4n) is 3.17. The Morgan fingerprint density at radius 3 is 2.57 bits per heavy atom. The molecule has 0 bridgehead atoms. The Balaban J connectivity index is 1.97. The SMILES string of the molecule is Cc1ccc(C)c(C(NN)c2cccc(C3CCC3)c2)c1. The molecule has 1 aliphatic carbocycles. The summed E-state index contributed by atoms with van der Waals surface area (Å²) in [7, 11) is 0. The van der Waals surface area contributed by atoms with Crippen molar-refractivity contribution in [2.24, 2.45) is 5.84 Å². The quantitative estimate of drug-likeness (QED) is 0.653. The summed E-state index contributed by atoms with van der Waals surface area (Å²) in [5, 5.41) is 0. The van der Waals surface area contributed by atoms with Gasteiger partial charge in [0.2, 0.25) is 0 Å². The van der Waals surface area contributed by atoms with E-state index < -0.39 is 0 Å². The van der Waals surface area contributed by atoms with Crippen LogP contribution in [0.15, 0.2) is 42.5 Å². The lowest BCUT2D eigenvalue weighted by molar-refractivity contribution is 0.419. The molecule has 0 amide bonds. The van der Waals surface area contributed by atoms with Gasteiger partial charge in [-0.25, -0.2) is 5.43 Å². The zero-order valence-corrected chi connectivity index (χ0v) is 12.9. The van der Waals surface area contributed by atoms with E-state index >= 15 is 0 Å². The number of hydrogen-bond donors (Lipinski definition) is 2. The van der Waals surface area contributed by atoms with Gasteiger partial charge in [-0.3, -0.25) is 5.84 Å². The van der Waals surface area contributed by atoms with Gasteiger partial charge >= 0.3 is 0 Å². The summed E-state index contributed by atoms with van der Waals surface area (Å²) in [6.07, 6.45) is 4.02. The van der Waals surface area contributed by atoms with E-state index in [1.807, 2.05) is 0 Å². The molecule has 1 aliphatic rings. The van der Waals surface area contributed by atoms with Crippen molar-refractivity contribution in [3.63, 3.8) is 0 Å². The number of rotatable bonds is 4. The van der Waals surface area contributed by atoms with Crippen molar-refractivity contribution < 1.29 is 0 Å². The Labute approximate surface area is 127 Å². The van der Waals surface area contributed by atoms with Gasteiger partial charge < -0.3 is 0 Å². The van der Waals surface area contributed by atoms with Gasteiger partial charge in [-0.15, -0.1) is 0 Å². The van der Waals surface area contributed by atoms with Crippen molar-refractivity contribution in [2.75, 3.05) is 0 Å². The van der Waals surface area contributed by atoms with Crippen LogP contribution in [0.2, 0.25) is 0 Å². The van der Waals surface area contributed by atoms with Crippen molar-refractivity contribution in [3.05, 3.63) is 70.3 Å². The summed E-state index contributed by atoms with van der Waals surface area (Å²) in [4.78, 5) is 0. The van der Waals surface area contributed by atoms with Crippen molar-refractivity contribution in [1.29, 1.82) is 0 Å². The summed E-state index contributed by atoms with van der Waals surface area (Å²) < 4.78 is 0. The molecule has 0 radical (unpaired) electrons. The highest BCUT2D eigenvalue weighted by atomic mass is 15.2. The van der Waals surface area contributed by atoms with Gasteiger partial charge in [0.1, 0.15) is 0 Å². The lowest BCUT2D eigenvalue weighted by atomic mass is 9.79. The van der Waals surface area contributed by atoms with E-state index in [9.17, 15) is 0 Å². The fourth-order valence-corrected chi connectivity index (χ4v) is 3.17. The third kappa shape index (κ3) is 2.87. The first-order chi connectivity index (χ1) is 10.2. The summed E-state index contributed by atoms with van der Waals surface area (Å²) in [6.45, 7) is 4.27. The minimum Gasteiger partial charge on any atom is -0.271 e. The number of hydrogen-bond acceptors (Lipinski definition) is 2. The second kappa shape index (κ2) is 6.00. The molecule has 0 spiro atoms. The van der Waals surface area contributed by atoms with E-state index in [-0.39, 0.29) is 6.04 Å². The predicted octanol–water partition coefficient (Wildman–Crippen LogP) is 4.12. The molecule has 2 aromatic carbocycles. The Morgan fingerprint density at radius 1 is 1.10 bits per heavy atom. The van der Waals surface area contributed by atoms with E-state index in [2.05, 4.69) is 61.7 Å². The number of nitrogens with one attached hydrogen (secondary N) is 1. The first-order valence-electron chi connectivity index (χ1n) is 7.82. The van der Waals surface area contributed by atoms with Crippen LogP contribution in [0.4, 0.5) is 0 Å². The molecule has 1 unspecified atom stereocenters. The molecule has 0 aliphatic heterocycles. The first kappa shape index (κ1) is 14.3. The highest BCUT2D eigenvalue weighted by Crippen LogP contribution is 2.37. The molecule has 0 aromatic heterocycles. The fraction of sp³-hybridized carbons (Fsp3) is 0.368. The maximum atomic E-state index is 5.88. The largest absolute Gasteiger partial charge is 0.271 e. The molecule has 1 saturated carbocycles. The minimum absolute atomic E-state index is 0.0601. The normalized spacial score (nSPS) is 16.5. The molecule has 0 heterocycles. The lowest BCUT2D eigenvalue weighted by Crippen LogP contribution is -2.29. The smallest absolute Gasteiger partial charge is 0.0712 e. The molecule has 2 nitrogen and oxygen atoms in total. The molecule has 2 heteroatoms.